The zero-order chi connectivity index (χ0) is 17.6. The van der Waals surface area contributed by atoms with Gasteiger partial charge in [-0.05, 0) is 39.0 Å². The van der Waals surface area contributed by atoms with E-state index >= 15 is 0 Å². The Morgan fingerprint density at radius 3 is 0.682 bits per heavy atom. The smallest absolute Gasteiger partial charge is 0.876 e. The first-order chi connectivity index (χ1) is 9.38. The van der Waals surface area contributed by atoms with Crippen LogP contribution in [0.4, 0.5) is 0 Å². The van der Waals surface area contributed by atoms with Crippen molar-refractivity contribution in [1.29, 1.82) is 0 Å². The summed E-state index contributed by atoms with van der Waals surface area (Å²) < 4.78 is 0. The van der Waals surface area contributed by atoms with E-state index in [4.69, 9.17) is 0 Å². The van der Waals surface area contributed by atoms with Crippen LogP contribution in [0.25, 0.3) is 0 Å². The molecule has 0 spiro atoms. The molecule has 0 aliphatic carbocycles. The Balaban J connectivity index is -0.000000108. The summed E-state index contributed by atoms with van der Waals surface area (Å²) in [7, 11) is 0. The third kappa shape index (κ3) is 51.4. The number of allylic oxidation sites excluding steroid dienone is 6. The van der Waals surface area contributed by atoms with E-state index in [-0.39, 0.29) is 60.5 Å². The predicted octanol–water partition coefficient (Wildman–Crippen LogP) is -0.484. The number of carbonyl (C=O) groups excluding carboxylic acids is 3. The molecule has 0 saturated carbocycles. The van der Waals surface area contributed by atoms with Crippen molar-refractivity contribution in [3.8, 4) is 0 Å². The van der Waals surface area contributed by atoms with Gasteiger partial charge in [-0.3, -0.25) is 14.4 Å². The fourth-order valence-corrected chi connectivity index (χ4v) is 0.859. The maximum atomic E-state index is 9.98. The Hall–Kier alpha value is -1.50. The Kier molecular flexibility index (Phi) is 22.8. The molecule has 0 aromatic heterocycles. The SMILES string of the molecule is CC(=O)C=C(C)[O-].CC(=O)C=C(C)[O-].CC(=O)C=C(C)[O-].[Sc+3]. The maximum absolute atomic E-state index is 9.98. The maximum Gasteiger partial charge on any atom is 3.00 e. The van der Waals surface area contributed by atoms with Gasteiger partial charge in [-0.25, -0.2) is 0 Å². The first-order valence-corrected chi connectivity index (χ1v) is 5.96. The molecule has 120 valence electrons. The molecule has 0 N–H and O–H groups in total. The molecule has 0 amide bonds. The third-order valence-electron chi connectivity index (χ3n) is 1.22. The van der Waals surface area contributed by atoms with Crippen molar-refractivity contribution in [3.05, 3.63) is 35.5 Å². The average Bonchev–Trinajstić information content (AvgIpc) is 2.10. The Morgan fingerprint density at radius 1 is 0.545 bits per heavy atom. The van der Waals surface area contributed by atoms with Crippen molar-refractivity contribution in [2.75, 3.05) is 0 Å². The quantitative estimate of drug-likeness (QED) is 0.504. The first kappa shape index (κ1) is 28.6. The number of rotatable bonds is 3. The van der Waals surface area contributed by atoms with Gasteiger partial charge >= 0.3 is 25.8 Å². The fraction of sp³-hybridized carbons (Fsp3) is 0.400. The molecule has 0 aliphatic heterocycles. The average molecular weight is 342 g/mol. The van der Waals surface area contributed by atoms with Crippen molar-refractivity contribution in [2.45, 2.75) is 41.5 Å². The molecule has 7 heteroatoms. The van der Waals surface area contributed by atoms with Crippen LogP contribution in [0.3, 0.4) is 0 Å². The van der Waals surface area contributed by atoms with E-state index in [9.17, 15) is 29.7 Å². The minimum absolute atomic E-state index is 0. The summed E-state index contributed by atoms with van der Waals surface area (Å²) >= 11 is 0. The number of carbonyl (C=O) groups is 3. The van der Waals surface area contributed by atoms with E-state index in [1.807, 2.05) is 0 Å². The zero-order valence-corrected chi connectivity index (χ0v) is 15.6. The van der Waals surface area contributed by atoms with Gasteiger partial charge in [0.05, 0.1) is 0 Å². The Bertz CT molecular complexity index is 368. The predicted molar refractivity (Wildman–Crippen MR) is 73.3 cm³/mol. The summed E-state index contributed by atoms with van der Waals surface area (Å²) in [5, 5.41) is 29.9. The van der Waals surface area contributed by atoms with E-state index in [1.165, 1.54) is 41.5 Å². The van der Waals surface area contributed by atoms with Gasteiger partial charge in [0.15, 0.2) is 17.3 Å². The van der Waals surface area contributed by atoms with Gasteiger partial charge in [0.25, 0.3) is 0 Å². The van der Waals surface area contributed by atoms with Crippen LogP contribution in [0.5, 0.6) is 0 Å². The molecule has 0 saturated heterocycles. The van der Waals surface area contributed by atoms with Crippen molar-refractivity contribution in [2.24, 2.45) is 0 Å². The molecular weight excluding hydrogens is 321 g/mol. The second-order valence-corrected chi connectivity index (χ2v) is 4.10. The van der Waals surface area contributed by atoms with Crippen molar-refractivity contribution in [1.82, 2.24) is 0 Å². The van der Waals surface area contributed by atoms with Crippen molar-refractivity contribution < 1.29 is 55.5 Å². The van der Waals surface area contributed by atoms with Gasteiger partial charge in [-0.15, -0.1) is 17.3 Å². The fourth-order valence-electron chi connectivity index (χ4n) is 0.859. The van der Waals surface area contributed by atoms with Crippen LogP contribution in [-0.2, 0) is 40.2 Å². The minimum atomic E-state index is -0.187. The molecule has 0 bridgehead atoms. The molecule has 0 rings (SSSR count). The summed E-state index contributed by atoms with van der Waals surface area (Å²) in [4.78, 5) is 29.9. The molecule has 0 atom stereocenters. The van der Waals surface area contributed by atoms with Gasteiger partial charge in [0.2, 0.25) is 0 Å². The van der Waals surface area contributed by atoms with Gasteiger partial charge in [-0.1, -0.05) is 20.8 Å². The summed E-state index contributed by atoms with van der Waals surface area (Å²) in [6, 6.07) is 0. The molecule has 6 nitrogen and oxygen atoms in total. The van der Waals surface area contributed by atoms with Crippen molar-refractivity contribution in [3.63, 3.8) is 0 Å². The van der Waals surface area contributed by atoms with E-state index in [0.717, 1.165) is 18.2 Å². The molecular formula is C15H21O6Sc. The summed E-state index contributed by atoms with van der Waals surface area (Å²) in [5.74, 6) is -1.12. The molecule has 0 radical (unpaired) electrons. The monoisotopic (exact) mass is 342 g/mol. The summed E-state index contributed by atoms with van der Waals surface area (Å²) in [6.07, 6.45) is 3.17. The van der Waals surface area contributed by atoms with Crippen LogP contribution in [0, 0.1) is 0 Å². The van der Waals surface area contributed by atoms with Gasteiger partial charge in [-0.2, -0.15) is 0 Å². The first-order valence-electron chi connectivity index (χ1n) is 5.96. The third-order valence-corrected chi connectivity index (χ3v) is 1.22. The standard InChI is InChI=1S/3C5H8O2.Sc/c3*1-4(6)3-5(2)7;/h3*3,6H,1-2H3;/q;;;+3/p-3. The van der Waals surface area contributed by atoms with Crippen LogP contribution in [0.2, 0.25) is 0 Å². The summed E-state index contributed by atoms with van der Waals surface area (Å²) in [6.45, 7) is 8.09. The molecule has 0 fully saturated rings. The normalized spacial score (nSPS) is 10.9. The Labute approximate surface area is 150 Å². The zero-order valence-electron chi connectivity index (χ0n) is 13.8. The molecule has 0 aromatic rings. The summed E-state index contributed by atoms with van der Waals surface area (Å²) in [5.41, 5.74) is 0. The van der Waals surface area contributed by atoms with Gasteiger partial charge < -0.3 is 15.3 Å². The van der Waals surface area contributed by atoms with Gasteiger partial charge in [0, 0.05) is 0 Å². The second kappa shape index (κ2) is 17.6. The molecule has 0 aromatic carbocycles. The Morgan fingerprint density at radius 2 is 0.682 bits per heavy atom. The molecule has 0 unspecified atom stereocenters. The van der Waals surface area contributed by atoms with Crippen LogP contribution < -0.4 is 15.3 Å². The number of hydrogen-bond donors (Lipinski definition) is 0. The van der Waals surface area contributed by atoms with Crippen LogP contribution in [-0.4, -0.2) is 17.3 Å². The van der Waals surface area contributed by atoms with Gasteiger partial charge in [0.1, 0.15) is 0 Å². The molecule has 22 heavy (non-hydrogen) atoms. The second-order valence-electron chi connectivity index (χ2n) is 4.10. The molecule has 0 aliphatic rings. The van der Waals surface area contributed by atoms with Crippen LogP contribution >= 0.6 is 0 Å². The number of hydrogen-bond acceptors (Lipinski definition) is 6. The number of ketones is 3. The van der Waals surface area contributed by atoms with Crippen molar-refractivity contribution >= 4 is 17.3 Å². The minimum Gasteiger partial charge on any atom is -0.876 e. The van der Waals surface area contributed by atoms with E-state index in [0.29, 0.717) is 0 Å². The van der Waals surface area contributed by atoms with E-state index in [2.05, 4.69) is 0 Å². The van der Waals surface area contributed by atoms with E-state index < -0.39 is 0 Å². The van der Waals surface area contributed by atoms with Crippen LogP contribution in [0.15, 0.2) is 35.5 Å². The molecule has 0 heterocycles. The van der Waals surface area contributed by atoms with Crippen LogP contribution in [0.1, 0.15) is 41.5 Å². The largest absolute Gasteiger partial charge is 3.00 e. The topological polar surface area (TPSA) is 120 Å². The van der Waals surface area contributed by atoms with E-state index in [1.54, 1.807) is 0 Å².